The van der Waals surface area contributed by atoms with Crippen LogP contribution in [0.15, 0.2) is 17.2 Å². The highest BCUT2D eigenvalue weighted by molar-refractivity contribution is 7.99. The molecule has 0 radical (unpaired) electrons. The van der Waals surface area contributed by atoms with Crippen LogP contribution >= 0.6 is 23.4 Å². The Morgan fingerprint density at radius 1 is 1.46 bits per heavy atom. The first-order valence-electron chi connectivity index (χ1n) is 9.19. The van der Waals surface area contributed by atoms with E-state index in [4.69, 9.17) is 16.3 Å². The highest BCUT2D eigenvalue weighted by Crippen LogP contribution is 2.29. The SMILES string of the molecule is CCOC(=O)CCSc1ccnc(C#CC2CCN(C(C)C)CC2)c1Cl. The number of rotatable bonds is 6. The molecule has 1 aliphatic rings. The van der Waals surface area contributed by atoms with Gasteiger partial charge in [-0.3, -0.25) is 4.79 Å². The molecule has 6 heteroatoms. The Labute approximate surface area is 166 Å². The Kier molecular flexibility index (Phi) is 8.77. The van der Waals surface area contributed by atoms with Gasteiger partial charge in [0.25, 0.3) is 0 Å². The second-order valence-corrected chi connectivity index (χ2v) is 8.06. The summed E-state index contributed by atoms with van der Waals surface area (Å²) in [6.45, 7) is 8.89. The van der Waals surface area contributed by atoms with Gasteiger partial charge < -0.3 is 9.64 Å². The molecule has 1 aromatic rings. The van der Waals surface area contributed by atoms with E-state index in [1.54, 1.807) is 6.20 Å². The van der Waals surface area contributed by atoms with Crippen molar-refractivity contribution in [3.05, 3.63) is 23.0 Å². The van der Waals surface area contributed by atoms with Gasteiger partial charge in [-0.25, -0.2) is 4.98 Å². The molecule has 2 rings (SSSR count). The summed E-state index contributed by atoms with van der Waals surface area (Å²) in [5, 5.41) is 0.577. The summed E-state index contributed by atoms with van der Waals surface area (Å²) < 4.78 is 4.94. The predicted molar refractivity (Wildman–Crippen MR) is 108 cm³/mol. The van der Waals surface area contributed by atoms with Crippen molar-refractivity contribution >= 4 is 29.3 Å². The van der Waals surface area contributed by atoms with Gasteiger partial charge in [-0.15, -0.1) is 11.8 Å². The average molecular weight is 395 g/mol. The minimum Gasteiger partial charge on any atom is -0.466 e. The number of likely N-dealkylation sites (tertiary alicyclic amines) is 1. The van der Waals surface area contributed by atoms with Crippen LogP contribution in [0.1, 0.15) is 45.7 Å². The lowest BCUT2D eigenvalue weighted by molar-refractivity contribution is -0.142. The molecule has 0 atom stereocenters. The fraction of sp³-hybridized carbons (Fsp3) is 0.600. The first-order valence-corrected chi connectivity index (χ1v) is 10.6. The van der Waals surface area contributed by atoms with Gasteiger partial charge in [-0.05, 0) is 58.7 Å². The molecular formula is C20H27ClN2O2S. The minimum absolute atomic E-state index is 0.182. The summed E-state index contributed by atoms with van der Waals surface area (Å²) in [5.41, 5.74) is 0.624. The molecule has 2 heterocycles. The lowest BCUT2D eigenvalue weighted by atomic mass is 9.96. The van der Waals surface area contributed by atoms with E-state index in [9.17, 15) is 4.79 Å². The molecule has 4 nitrogen and oxygen atoms in total. The van der Waals surface area contributed by atoms with E-state index in [1.165, 1.54) is 11.8 Å². The number of halogens is 1. The highest BCUT2D eigenvalue weighted by atomic mass is 35.5. The average Bonchev–Trinajstić information content (AvgIpc) is 2.62. The van der Waals surface area contributed by atoms with E-state index in [2.05, 4.69) is 35.6 Å². The molecule has 1 aliphatic heterocycles. The molecule has 0 unspecified atom stereocenters. The minimum atomic E-state index is -0.182. The summed E-state index contributed by atoms with van der Waals surface area (Å²) >= 11 is 7.99. The van der Waals surface area contributed by atoms with Crippen LogP contribution in [0.3, 0.4) is 0 Å². The first-order chi connectivity index (χ1) is 12.5. The van der Waals surface area contributed by atoms with Crippen molar-refractivity contribution in [2.24, 2.45) is 5.92 Å². The number of hydrogen-bond acceptors (Lipinski definition) is 5. The summed E-state index contributed by atoms with van der Waals surface area (Å²) in [7, 11) is 0. The van der Waals surface area contributed by atoms with E-state index in [0.717, 1.165) is 30.8 Å². The smallest absolute Gasteiger partial charge is 0.306 e. The summed E-state index contributed by atoms with van der Waals surface area (Å²) in [6, 6.07) is 2.47. The van der Waals surface area contributed by atoms with Crippen molar-refractivity contribution in [1.82, 2.24) is 9.88 Å². The van der Waals surface area contributed by atoms with Crippen molar-refractivity contribution < 1.29 is 9.53 Å². The van der Waals surface area contributed by atoms with Gasteiger partial charge in [-0.1, -0.05) is 17.5 Å². The molecule has 0 N–H and O–H groups in total. The molecule has 0 bridgehead atoms. The maximum absolute atomic E-state index is 11.4. The van der Waals surface area contributed by atoms with Gasteiger partial charge >= 0.3 is 5.97 Å². The number of aromatic nitrogens is 1. The molecule has 0 amide bonds. The van der Waals surface area contributed by atoms with Crippen LogP contribution in [0.25, 0.3) is 0 Å². The number of carbonyl (C=O) groups excluding carboxylic acids is 1. The Morgan fingerprint density at radius 2 is 2.19 bits per heavy atom. The van der Waals surface area contributed by atoms with Crippen LogP contribution in [0.4, 0.5) is 0 Å². The topological polar surface area (TPSA) is 42.4 Å². The van der Waals surface area contributed by atoms with Crippen molar-refractivity contribution in [3.63, 3.8) is 0 Å². The third-order valence-electron chi connectivity index (χ3n) is 4.38. The quantitative estimate of drug-likeness (QED) is 0.410. The zero-order valence-corrected chi connectivity index (χ0v) is 17.3. The highest BCUT2D eigenvalue weighted by Gasteiger charge is 2.19. The van der Waals surface area contributed by atoms with Crippen LogP contribution in [-0.2, 0) is 9.53 Å². The monoisotopic (exact) mass is 394 g/mol. The molecule has 142 valence electrons. The van der Waals surface area contributed by atoms with E-state index in [-0.39, 0.29) is 5.97 Å². The zero-order valence-electron chi connectivity index (χ0n) is 15.8. The molecule has 1 fully saturated rings. The number of ether oxygens (including phenoxy) is 1. The predicted octanol–water partition coefficient (Wildman–Crippen LogP) is 4.25. The number of thioether (sulfide) groups is 1. The maximum Gasteiger partial charge on any atom is 0.306 e. The van der Waals surface area contributed by atoms with Crippen molar-refractivity contribution in [3.8, 4) is 11.8 Å². The van der Waals surface area contributed by atoms with Crippen molar-refractivity contribution in [1.29, 1.82) is 0 Å². The molecule has 0 aliphatic carbocycles. The van der Waals surface area contributed by atoms with Gasteiger partial charge in [0, 0.05) is 28.8 Å². The number of pyridine rings is 1. The molecule has 0 spiro atoms. The normalized spacial score (nSPS) is 15.6. The van der Waals surface area contributed by atoms with Gasteiger partial charge in [0.15, 0.2) is 0 Å². The zero-order chi connectivity index (χ0) is 18.9. The number of hydrogen-bond donors (Lipinski definition) is 0. The van der Waals surface area contributed by atoms with Crippen LogP contribution < -0.4 is 0 Å². The van der Waals surface area contributed by atoms with Crippen LogP contribution in [0.5, 0.6) is 0 Å². The molecule has 1 saturated heterocycles. The largest absolute Gasteiger partial charge is 0.466 e. The Balaban J connectivity index is 1.92. The molecule has 26 heavy (non-hydrogen) atoms. The number of esters is 1. The van der Waals surface area contributed by atoms with E-state index < -0.39 is 0 Å². The molecular weight excluding hydrogens is 368 g/mol. The van der Waals surface area contributed by atoms with E-state index >= 15 is 0 Å². The third kappa shape index (κ3) is 6.50. The van der Waals surface area contributed by atoms with E-state index in [0.29, 0.717) is 41.5 Å². The van der Waals surface area contributed by atoms with Gasteiger partial charge in [0.2, 0.25) is 0 Å². The van der Waals surface area contributed by atoms with Crippen molar-refractivity contribution in [2.45, 2.75) is 51.0 Å². The van der Waals surface area contributed by atoms with Gasteiger partial charge in [0.05, 0.1) is 18.1 Å². The number of piperidine rings is 1. The van der Waals surface area contributed by atoms with Crippen LogP contribution in [0, 0.1) is 17.8 Å². The molecule has 0 aromatic carbocycles. The lowest BCUT2D eigenvalue weighted by Gasteiger charge is -2.32. The molecule has 1 aromatic heterocycles. The number of nitrogens with zero attached hydrogens (tertiary/aromatic N) is 2. The van der Waals surface area contributed by atoms with Crippen molar-refractivity contribution in [2.75, 3.05) is 25.4 Å². The standard InChI is InChI=1S/C20H27ClN2O2S/c1-4-25-19(24)10-14-26-18-7-11-22-17(20(18)21)6-5-16-8-12-23(13-9-16)15(2)3/h7,11,15-16H,4,8-10,12-14H2,1-3H3. The second-order valence-electron chi connectivity index (χ2n) is 6.55. The Hall–Kier alpha value is -1.22. The lowest BCUT2D eigenvalue weighted by Crippen LogP contribution is -2.38. The maximum atomic E-state index is 11.4. The van der Waals surface area contributed by atoms with E-state index in [1.807, 2.05) is 13.0 Å². The fourth-order valence-electron chi connectivity index (χ4n) is 2.83. The van der Waals surface area contributed by atoms with Crippen LogP contribution in [-0.4, -0.2) is 47.3 Å². The first kappa shape index (κ1) is 21.1. The van der Waals surface area contributed by atoms with Gasteiger partial charge in [0.1, 0.15) is 5.69 Å². The summed E-state index contributed by atoms with van der Waals surface area (Å²) in [5.74, 6) is 7.37. The Morgan fingerprint density at radius 3 is 2.85 bits per heavy atom. The summed E-state index contributed by atoms with van der Waals surface area (Å²) in [6.07, 6.45) is 4.28. The Bertz CT molecular complexity index is 662. The fourth-order valence-corrected chi connectivity index (χ4v) is 4.02. The molecule has 0 saturated carbocycles. The number of carbonyl (C=O) groups is 1. The van der Waals surface area contributed by atoms with Crippen LogP contribution in [0.2, 0.25) is 5.02 Å². The third-order valence-corrected chi connectivity index (χ3v) is 5.93. The van der Waals surface area contributed by atoms with Gasteiger partial charge in [-0.2, -0.15) is 0 Å². The summed E-state index contributed by atoms with van der Waals surface area (Å²) in [4.78, 5) is 19.1. The second kappa shape index (κ2) is 10.8.